The molecular formula is C18H16O4. The molecule has 1 spiro atoms. The number of phenols is 1. The van der Waals surface area contributed by atoms with Crippen molar-refractivity contribution in [2.75, 3.05) is 7.11 Å². The second-order valence-electron chi connectivity index (χ2n) is 5.95. The Morgan fingerprint density at radius 1 is 1.23 bits per heavy atom. The third-order valence-corrected chi connectivity index (χ3v) is 4.64. The molecule has 2 aromatic rings. The highest BCUT2D eigenvalue weighted by Gasteiger charge is 2.59. The van der Waals surface area contributed by atoms with Crippen LogP contribution in [0.5, 0.6) is 17.2 Å². The van der Waals surface area contributed by atoms with Crippen LogP contribution in [0, 0.1) is 0 Å². The molecule has 1 fully saturated rings. The van der Waals surface area contributed by atoms with Gasteiger partial charge in [0.1, 0.15) is 29.1 Å². The first-order valence-corrected chi connectivity index (χ1v) is 7.30. The molecule has 0 bridgehead atoms. The van der Waals surface area contributed by atoms with Gasteiger partial charge in [-0.3, -0.25) is 4.79 Å². The number of hydrogen-bond donors (Lipinski definition) is 1. The summed E-state index contributed by atoms with van der Waals surface area (Å²) in [4.78, 5) is 12.1. The Labute approximate surface area is 128 Å². The summed E-state index contributed by atoms with van der Waals surface area (Å²) in [5.74, 6) is 1.97. The fraction of sp³-hybridized carbons (Fsp3) is 0.278. The van der Waals surface area contributed by atoms with Gasteiger partial charge in [-0.2, -0.15) is 0 Å². The van der Waals surface area contributed by atoms with Crippen molar-refractivity contribution < 1.29 is 19.4 Å². The zero-order valence-corrected chi connectivity index (χ0v) is 12.2. The first kappa shape index (κ1) is 13.2. The van der Waals surface area contributed by atoms with E-state index >= 15 is 0 Å². The van der Waals surface area contributed by atoms with E-state index in [0.717, 1.165) is 22.6 Å². The zero-order valence-electron chi connectivity index (χ0n) is 12.2. The number of hydrogen-bond acceptors (Lipinski definition) is 4. The van der Waals surface area contributed by atoms with Crippen molar-refractivity contribution in [2.24, 2.45) is 0 Å². The van der Waals surface area contributed by atoms with Crippen molar-refractivity contribution in [2.45, 2.75) is 24.4 Å². The Morgan fingerprint density at radius 2 is 1.95 bits per heavy atom. The predicted molar refractivity (Wildman–Crippen MR) is 80.4 cm³/mol. The van der Waals surface area contributed by atoms with E-state index in [0.29, 0.717) is 12.8 Å². The molecule has 4 heteroatoms. The second kappa shape index (κ2) is 4.50. The van der Waals surface area contributed by atoms with Crippen molar-refractivity contribution in [3.05, 3.63) is 53.6 Å². The lowest BCUT2D eigenvalue weighted by molar-refractivity contribution is -0.112. The van der Waals surface area contributed by atoms with Gasteiger partial charge >= 0.3 is 0 Å². The molecule has 0 saturated heterocycles. The minimum absolute atomic E-state index is 0.173. The number of Topliss-reactive ketones (excluding diaryl/α,β-unsaturated/α-hetero) is 1. The number of aromatic hydroxyl groups is 1. The highest BCUT2D eigenvalue weighted by molar-refractivity contribution is 6.07. The molecule has 22 heavy (non-hydrogen) atoms. The van der Waals surface area contributed by atoms with E-state index < -0.39 is 5.41 Å². The summed E-state index contributed by atoms with van der Waals surface area (Å²) in [6.07, 6.45) is 1.02. The predicted octanol–water partition coefficient (Wildman–Crippen LogP) is 3.14. The van der Waals surface area contributed by atoms with Crippen LogP contribution in [-0.4, -0.2) is 18.0 Å². The maximum atomic E-state index is 12.1. The maximum absolute atomic E-state index is 12.1. The van der Waals surface area contributed by atoms with Gasteiger partial charge in [0.05, 0.1) is 12.5 Å². The number of benzene rings is 2. The van der Waals surface area contributed by atoms with Crippen molar-refractivity contribution in [3.8, 4) is 17.2 Å². The van der Waals surface area contributed by atoms with E-state index in [1.54, 1.807) is 19.2 Å². The van der Waals surface area contributed by atoms with Crippen molar-refractivity contribution in [3.63, 3.8) is 0 Å². The molecule has 1 N–H and O–H groups in total. The van der Waals surface area contributed by atoms with Crippen LogP contribution < -0.4 is 9.47 Å². The average Bonchev–Trinajstić information content (AvgIpc) is 3.17. The zero-order chi connectivity index (χ0) is 15.3. The standard InChI is InChI=1S/C18H16O4/c1-21-13-6-7-15-14(8-13)18(10-17(18)20)9-16(22-15)11-2-4-12(19)5-3-11/h2-8,16,19H,9-10H2,1H3. The Bertz CT molecular complexity index is 750. The van der Waals surface area contributed by atoms with E-state index in [2.05, 4.69) is 0 Å². The number of ketones is 1. The molecule has 1 aliphatic heterocycles. The largest absolute Gasteiger partial charge is 0.508 e. The molecule has 0 radical (unpaired) electrons. The molecule has 2 aliphatic rings. The number of phenolic OH excluding ortho intramolecular Hbond substituents is 1. The Kier molecular flexibility index (Phi) is 2.70. The smallest absolute Gasteiger partial charge is 0.145 e. The minimum atomic E-state index is -0.426. The van der Waals surface area contributed by atoms with Gasteiger partial charge in [0.15, 0.2) is 0 Å². The maximum Gasteiger partial charge on any atom is 0.145 e. The summed E-state index contributed by atoms with van der Waals surface area (Å²) in [5, 5.41) is 9.42. The van der Waals surface area contributed by atoms with Crippen molar-refractivity contribution in [1.82, 2.24) is 0 Å². The lowest BCUT2D eigenvalue weighted by Gasteiger charge is -2.32. The Morgan fingerprint density at radius 3 is 2.59 bits per heavy atom. The summed E-state index contributed by atoms with van der Waals surface area (Å²) in [5.41, 5.74) is 1.48. The number of carbonyl (C=O) groups excluding carboxylic acids is 1. The Hall–Kier alpha value is -2.49. The number of carbonyl (C=O) groups is 1. The third kappa shape index (κ3) is 1.87. The van der Waals surface area contributed by atoms with Gasteiger partial charge in [0.25, 0.3) is 0 Å². The summed E-state index contributed by atoms with van der Waals surface area (Å²) in [7, 11) is 1.62. The van der Waals surface area contributed by atoms with Gasteiger partial charge in [-0.1, -0.05) is 12.1 Å². The van der Waals surface area contributed by atoms with Crippen LogP contribution in [0.25, 0.3) is 0 Å². The van der Waals surface area contributed by atoms with Gasteiger partial charge in [-0.15, -0.1) is 0 Å². The van der Waals surface area contributed by atoms with Gasteiger partial charge < -0.3 is 14.6 Å². The third-order valence-electron chi connectivity index (χ3n) is 4.64. The van der Waals surface area contributed by atoms with E-state index in [1.807, 2.05) is 30.3 Å². The number of ether oxygens (including phenoxy) is 2. The van der Waals surface area contributed by atoms with Crippen LogP contribution >= 0.6 is 0 Å². The van der Waals surface area contributed by atoms with E-state index in [1.165, 1.54) is 0 Å². The summed E-state index contributed by atoms with van der Waals surface area (Å²) in [6.45, 7) is 0. The van der Waals surface area contributed by atoms with Crippen LogP contribution in [0.3, 0.4) is 0 Å². The average molecular weight is 296 g/mol. The topological polar surface area (TPSA) is 55.8 Å². The SMILES string of the molecule is COc1ccc2c(c1)C1(CC1=O)CC(c1ccc(O)cc1)O2. The highest BCUT2D eigenvalue weighted by Crippen LogP contribution is 2.57. The summed E-state index contributed by atoms with van der Waals surface area (Å²) < 4.78 is 11.4. The molecule has 4 rings (SSSR count). The van der Waals surface area contributed by atoms with Crippen LogP contribution in [-0.2, 0) is 10.2 Å². The first-order valence-electron chi connectivity index (χ1n) is 7.30. The molecule has 2 unspecified atom stereocenters. The molecule has 2 aromatic carbocycles. The van der Waals surface area contributed by atoms with Gasteiger partial charge in [0, 0.05) is 18.4 Å². The first-order chi connectivity index (χ1) is 10.6. The molecular weight excluding hydrogens is 280 g/mol. The summed E-state index contributed by atoms with van der Waals surface area (Å²) >= 11 is 0. The van der Waals surface area contributed by atoms with Gasteiger partial charge in [-0.25, -0.2) is 0 Å². The minimum Gasteiger partial charge on any atom is -0.508 e. The van der Waals surface area contributed by atoms with Crippen LogP contribution in [0.1, 0.15) is 30.1 Å². The lowest BCUT2D eigenvalue weighted by atomic mass is 9.84. The Balaban J connectivity index is 1.75. The van der Waals surface area contributed by atoms with Crippen LogP contribution in [0.2, 0.25) is 0 Å². The molecule has 2 atom stereocenters. The van der Waals surface area contributed by atoms with Crippen molar-refractivity contribution in [1.29, 1.82) is 0 Å². The number of methoxy groups -OCH3 is 1. The van der Waals surface area contributed by atoms with E-state index in [-0.39, 0.29) is 17.6 Å². The highest BCUT2D eigenvalue weighted by atomic mass is 16.5. The van der Waals surface area contributed by atoms with Gasteiger partial charge in [0.2, 0.25) is 0 Å². The van der Waals surface area contributed by atoms with Crippen LogP contribution in [0.4, 0.5) is 0 Å². The number of fused-ring (bicyclic) bond motifs is 2. The molecule has 0 amide bonds. The molecule has 1 saturated carbocycles. The monoisotopic (exact) mass is 296 g/mol. The van der Waals surface area contributed by atoms with Gasteiger partial charge in [-0.05, 0) is 35.9 Å². The number of rotatable bonds is 2. The molecule has 0 aromatic heterocycles. The second-order valence-corrected chi connectivity index (χ2v) is 5.95. The molecule has 1 aliphatic carbocycles. The molecule has 112 valence electrons. The van der Waals surface area contributed by atoms with E-state index in [4.69, 9.17) is 9.47 Å². The fourth-order valence-corrected chi connectivity index (χ4v) is 3.27. The normalized spacial score (nSPS) is 25.5. The fourth-order valence-electron chi connectivity index (χ4n) is 3.27. The lowest BCUT2D eigenvalue weighted by Crippen LogP contribution is -2.25. The van der Waals surface area contributed by atoms with Crippen molar-refractivity contribution >= 4 is 5.78 Å². The van der Waals surface area contributed by atoms with E-state index in [9.17, 15) is 9.90 Å². The van der Waals surface area contributed by atoms with Crippen LogP contribution in [0.15, 0.2) is 42.5 Å². The molecule has 4 nitrogen and oxygen atoms in total. The quantitative estimate of drug-likeness (QED) is 0.925. The summed E-state index contributed by atoms with van der Waals surface area (Å²) in [6, 6.07) is 12.6. The molecule has 1 heterocycles.